The third-order valence-electron chi connectivity index (χ3n) is 6.08. The second-order valence-electron chi connectivity index (χ2n) is 9.30. The van der Waals surface area contributed by atoms with Gasteiger partial charge in [0.2, 0.25) is 11.8 Å². The summed E-state index contributed by atoms with van der Waals surface area (Å²) in [7, 11) is 0.553. The summed E-state index contributed by atoms with van der Waals surface area (Å²) in [6.45, 7) is 3.82. The van der Waals surface area contributed by atoms with Crippen LogP contribution >= 0.6 is 11.3 Å². The fraction of sp³-hybridized carbons (Fsp3) is 0.458. The van der Waals surface area contributed by atoms with E-state index in [2.05, 4.69) is 36.9 Å². The summed E-state index contributed by atoms with van der Waals surface area (Å²) in [5, 5.41) is 4.12. The van der Waals surface area contributed by atoms with Crippen molar-refractivity contribution in [2.24, 2.45) is 5.92 Å². The highest BCUT2D eigenvalue weighted by Crippen LogP contribution is 2.38. The van der Waals surface area contributed by atoms with Crippen LogP contribution in [-0.4, -0.2) is 56.0 Å². The van der Waals surface area contributed by atoms with Crippen LogP contribution in [0.25, 0.3) is 10.6 Å². The number of ether oxygens (including phenoxy) is 1. The first-order valence-electron chi connectivity index (χ1n) is 11.9. The molecule has 2 unspecified atom stereocenters. The van der Waals surface area contributed by atoms with Gasteiger partial charge >= 0.3 is 0 Å². The average molecular weight is 535 g/mol. The van der Waals surface area contributed by atoms with Gasteiger partial charge in [-0.1, -0.05) is 0 Å². The van der Waals surface area contributed by atoms with Crippen molar-refractivity contribution in [2.75, 3.05) is 35.9 Å². The molecule has 1 saturated carbocycles. The van der Waals surface area contributed by atoms with Gasteiger partial charge in [0.05, 0.1) is 10.7 Å². The van der Waals surface area contributed by atoms with E-state index in [0.717, 1.165) is 55.9 Å². The molecule has 0 amide bonds. The Bertz CT molecular complexity index is 1250. The maximum atomic E-state index is 14.7. The number of halogens is 2. The van der Waals surface area contributed by atoms with Crippen molar-refractivity contribution in [1.29, 1.82) is 0 Å². The van der Waals surface area contributed by atoms with Gasteiger partial charge in [0, 0.05) is 36.7 Å². The Kier molecular flexibility index (Phi) is 7.44. The van der Waals surface area contributed by atoms with Crippen molar-refractivity contribution >= 4 is 34.0 Å². The molecule has 3 heterocycles. The Labute approximate surface area is 215 Å². The third kappa shape index (κ3) is 6.16. The molecule has 1 aliphatic heterocycles. The van der Waals surface area contributed by atoms with Crippen molar-refractivity contribution in [3.63, 3.8) is 0 Å². The average Bonchev–Trinajstić information content (AvgIpc) is 3.56. The van der Waals surface area contributed by atoms with Crippen molar-refractivity contribution in [2.45, 2.75) is 38.6 Å². The van der Waals surface area contributed by atoms with Gasteiger partial charge in [0.25, 0.3) is 0 Å². The highest BCUT2D eigenvalue weighted by molar-refractivity contribution is 7.86. The molecule has 2 atom stereocenters. The zero-order valence-corrected chi connectivity index (χ0v) is 21.7. The van der Waals surface area contributed by atoms with Crippen molar-refractivity contribution in [3.05, 3.63) is 41.0 Å². The number of nitrogens with zero attached hydrogens (tertiary/aromatic N) is 4. The highest BCUT2D eigenvalue weighted by atomic mass is 32.2. The molecule has 12 heteroatoms. The number of aryl methyl sites for hydroxylation is 1. The first-order valence-corrected chi connectivity index (χ1v) is 14.1. The molecule has 0 radical (unpaired) electrons. The van der Waals surface area contributed by atoms with Crippen LogP contribution in [0.1, 0.15) is 30.7 Å². The van der Waals surface area contributed by atoms with Gasteiger partial charge in [-0.25, -0.2) is 27.9 Å². The quantitative estimate of drug-likeness (QED) is 0.400. The van der Waals surface area contributed by atoms with E-state index < -0.39 is 28.3 Å². The molecule has 2 N–H and O–H groups in total. The fourth-order valence-corrected chi connectivity index (χ4v) is 6.22. The number of hydrogen-bond acceptors (Lipinski definition) is 8. The van der Waals surface area contributed by atoms with E-state index in [1.165, 1.54) is 11.3 Å². The minimum Gasteiger partial charge on any atom is -0.437 e. The Morgan fingerprint density at radius 3 is 2.72 bits per heavy atom. The topological polar surface area (TPSA) is 92.3 Å². The second kappa shape index (κ2) is 10.7. The predicted molar refractivity (Wildman–Crippen MR) is 138 cm³/mol. The summed E-state index contributed by atoms with van der Waals surface area (Å²) < 4.78 is 49.8. The van der Waals surface area contributed by atoms with E-state index in [1.807, 2.05) is 6.92 Å². The van der Waals surface area contributed by atoms with E-state index in [9.17, 15) is 13.0 Å². The molecule has 1 aromatic carbocycles. The number of rotatable bonds is 9. The van der Waals surface area contributed by atoms with Gasteiger partial charge in [-0.3, -0.25) is 4.72 Å². The lowest BCUT2D eigenvalue weighted by Crippen LogP contribution is -2.40. The molecule has 0 spiro atoms. The lowest BCUT2D eigenvalue weighted by atomic mass is 10.1. The number of piperidine rings is 1. The van der Waals surface area contributed by atoms with Crippen LogP contribution in [0, 0.1) is 24.5 Å². The van der Waals surface area contributed by atoms with Crippen LogP contribution in [0.3, 0.4) is 0 Å². The van der Waals surface area contributed by atoms with Crippen molar-refractivity contribution in [3.8, 4) is 22.2 Å². The second-order valence-corrected chi connectivity index (χ2v) is 11.7. The predicted octanol–water partition coefficient (Wildman–Crippen LogP) is 4.97. The standard InChI is InChI=1S/C24H28F2N6O2S2/c1-14-28-23(34-17-10-18(25)21(19(26)11-17)31-36(33)13-15-5-6-15)22(35-14)20-7-8-27-24(30-20)29-16-4-3-9-32(2)12-16/h7-8,10-11,15-16,31H,3-6,9,12-13H2,1-2H3,(H,27,29,30). The van der Waals surface area contributed by atoms with E-state index in [-0.39, 0.29) is 17.7 Å². The van der Waals surface area contributed by atoms with E-state index >= 15 is 0 Å². The lowest BCUT2D eigenvalue weighted by molar-refractivity contribution is 0.260. The number of nitrogens with one attached hydrogen (secondary N) is 2. The van der Waals surface area contributed by atoms with Crippen LogP contribution < -0.4 is 14.8 Å². The third-order valence-corrected chi connectivity index (χ3v) is 8.26. The van der Waals surface area contributed by atoms with Gasteiger partial charge in [0.1, 0.15) is 27.3 Å². The first-order chi connectivity index (χ1) is 17.3. The van der Waals surface area contributed by atoms with Crippen LogP contribution in [0.2, 0.25) is 0 Å². The molecule has 36 heavy (non-hydrogen) atoms. The van der Waals surface area contributed by atoms with E-state index in [1.54, 1.807) is 12.3 Å². The van der Waals surface area contributed by atoms with Gasteiger partial charge in [-0.2, -0.15) is 0 Å². The van der Waals surface area contributed by atoms with Gasteiger partial charge in [0.15, 0.2) is 11.6 Å². The maximum absolute atomic E-state index is 14.7. The zero-order valence-electron chi connectivity index (χ0n) is 20.1. The monoisotopic (exact) mass is 534 g/mol. The molecule has 2 fully saturated rings. The van der Waals surface area contributed by atoms with Crippen molar-refractivity contribution in [1.82, 2.24) is 19.9 Å². The minimum absolute atomic E-state index is 0.0484. The van der Waals surface area contributed by atoms with E-state index in [4.69, 9.17) is 4.74 Å². The van der Waals surface area contributed by atoms with Crippen LogP contribution in [-0.2, 0) is 11.0 Å². The lowest BCUT2D eigenvalue weighted by Gasteiger charge is -2.30. The minimum atomic E-state index is -1.54. The van der Waals surface area contributed by atoms with E-state index in [0.29, 0.717) is 28.2 Å². The van der Waals surface area contributed by atoms with Gasteiger partial charge in [-0.05, 0) is 58.2 Å². The van der Waals surface area contributed by atoms with Crippen LogP contribution in [0.4, 0.5) is 20.4 Å². The Balaban J connectivity index is 1.33. The number of thiazole rings is 1. The summed E-state index contributed by atoms with van der Waals surface area (Å²) in [4.78, 5) is 16.3. The molecule has 0 bridgehead atoms. The Morgan fingerprint density at radius 2 is 2.00 bits per heavy atom. The maximum Gasteiger partial charge on any atom is 0.240 e. The summed E-state index contributed by atoms with van der Waals surface area (Å²) in [5.74, 6) is -0.353. The molecule has 5 rings (SSSR count). The largest absolute Gasteiger partial charge is 0.437 e. The van der Waals surface area contributed by atoms with Crippen molar-refractivity contribution < 1.29 is 17.7 Å². The zero-order chi connectivity index (χ0) is 25.2. The molecule has 192 valence electrons. The molecule has 2 aliphatic rings. The molecule has 1 aliphatic carbocycles. The Morgan fingerprint density at radius 1 is 1.22 bits per heavy atom. The molecular weight excluding hydrogens is 506 g/mol. The van der Waals surface area contributed by atoms with Gasteiger partial charge < -0.3 is 15.0 Å². The van der Waals surface area contributed by atoms with Crippen LogP contribution in [0.5, 0.6) is 11.6 Å². The number of aromatic nitrogens is 3. The first kappa shape index (κ1) is 25.0. The highest BCUT2D eigenvalue weighted by Gasteiger charge is 2.25. The molecule has 1 saturated heterocycles. The normalized spacial score (nSPS) is 19.2. The molecule has 8 nitrogen and oxygen atoms in total. The number of anilines is 2. The Hall–Kier alpha value is -2.70. The number of hydrogen-bond donors (Lipinski definition) is 2. The summed E-state index contributed by atoms with van der Waals surface area (Å²) in [6, 6.07) is 4.13. The fourth-order valence-electron chi connectivity index (χ4n) is 4.13. The number of benzene rings is 1. The molecular formula is C24H28F2N6O2S2. The summed E-state index contributed by atoms with van der Waals surface area (Å²) in [6.07, 6.45) is 5.82. The van der Waals surface area contributed by atoms with Crippen LogP contribution in [0.15, 0.2) is 24.4 Å². The number of likely N-dealkylation sites (tertiary alicyclic amines) is 1. The van der Waals surface area contributed by atoms with Gasteiger partial charge in [-0.15, -0.1) is 11.3 Å². The SMILES string of the molecule is Cc1nc(Oc2cc(F)c(NS(=O)CC3CC3)c(F)c2)c(-c2ccnc(NC3CCCN(C)C3)n2)s1. The summed E-state index contributed by atoms with van der Waals surface area (Å²) >= 11 is 1.37. The molecule has 2 aromatic heterocycles. The summed E-state index contributed by atoms with van der Waals surface area (Å²) in [5.41, 5.74) is 0.183. The number of likely N-dealkylation sites (N-methyl/N-ethyl adjacent to an activating group) is 1. The smallest absolute Gasteiger partial charge is 0.240 e. The molecule has 3 aromatic rings.